The molecular weight excluding hydrogens is 312 g/mol. The molecule has 2 aliphatic rings. The number of hydrogen-bond donors (Lipinski definition) is 2. The number of fused-ring (bicyclic) bond motifs is 1. The van der Waals surface area contributed by atoms with Gasteiger partial charge in [0.2, 0.25) is 12.7 Å². The maximum Gasteiger partial charge on any atom is 0.244 e. The van der Waals surface area contributed by atoms with Crippen LogP contribution in [0.2, 0.25) is 0 Å². The molecule has 2 aliphatic heterocycles. The lowest BCUT2D eigenvalue weighted by molar-refractivity contribution is -0.142. The van der Waals surface area contributed by atoms with Gasteiger partial charge in [-0.3, -0.25) is 9.69 Å². The summed E-state index contributed by atoms with van der Waals surface area (Å²) in [5.74, 6) is 1.33. The lowest BCUT2D eigenvalue weighted by atomic mass is 9.91. The van der Waals surface area contributed by atoms with Crippen molar-refractivity contribution in [1.29, 1.82) is 0 Å². The predicted molar refractivity (Wildman–Crippen MR) is 86.8 cm³/mol. The highest BCUT2D eigenvalue weighted by Crippen LogP contribution is 2.36. The Hall–Kier alpha value is -1.83. The van der Waals surface area contributed by atoms with E-state index in [2.05, 4.69) is 0 Å². The van der Waals surface area contributed by atoms with Gasteiger partial charge in [0.1, 0.15) is 6.04 Å². The van der Waals surface area contributed by atoms with Crippen molar-refractivity contribution in [2.75, 3.05) is 40.6 Å². The maximum atomic E-state index is 13.0. The van der Waals surface area contributed by atoms with E-state index >= 15 is 0 Å². The summed E-state index contributed by atoms with van der Waals surface area (Å²) in [6.07, 6.45) is 0.771. The Balaban J connectivity index is 1.77. The molecule has 2 heterocycles. The van der Waals surface area contributed by atoms with Crippen LogP contribution in [0.4, 0.5) is 0 Å². The lowest BCUT2D eigenvalue weighted by Gasteiger charge is -2.39. The fraction of sp³-hybridized carbons (Fsp3) is 0.588. The number of carbonyl (C=O) groups excluding carboxylic acids is 1. The molecule has 1 amide bonds. The first-order valence-electron chi connectivity index (χ1n) is 8.11. The average molecular weight is 336 g/mol. The van der Waals surface area contributed by atoms with Crippen LogP contribution in [0.1, 0.15) is 24.4 Å². The molecule has 0 aliphatic carbocycles. The number of rotatable bonds is 4. The van der Waals surface area contributed by atoms with Gasteiger partial charge in [-0.25, -0.2) is 0 Å². The summed E-state index contributed by atoms with van der Waals surface area (Å²) < 4.78 is 10.7. The van der Waals surface area contributed by atoms with Gasteiger partial charge in [0.15, 0.2) is 11.5 Å². The Kier molecular flexibility index (Phi) is 4.67. The second kappa shape index (κ2) is 6.58. The van der Waals surface area contributed by atoms with Crippen LogP contribution in [-0.2, 0) is 4.79 Å². The van der Waals surface area contributed by atoms with Gasteiger partial charge in [0.05, 0.1) is 12.2 Å². The lowest BCUT2D eigenvalue weighted by Crippen LogP contribution is -2.51. The van der Waals surface area contributed by atoms with Gasteiger partial charge in [-0.1, -0.05) is 6.07 Å². The standard InChI is InChI=1S/C17H24N2O5/c1-18(2)15(12-3-4-13-14(9-12)24-11-23-13)16(21)19-7-5-17(22,10-20)6-8-19/h3-4,9,15,20,22H,5-8,10-11H2,1-2H3/t15-/m1/s1. The highest BCUT2D eigenvalue weighted by atomic mass is 16.7. The Morgan fingerprint density at radius 1 is 1.29 bits per heavy atom. The first kappa shape index (κ1) is 17.0. The van der Waals surface area contributed by atoms with Gasteiger partial charge in [0.25, 0.3) is 0 Å². The number of likely N-dealkylation sites (tertiary alicyclic amines) is 1. The summed E-state index contributed by atoms with van der Waals surface area (Å²) in [5, 5.41) is 19.4. The molecule has 132 valence electrons. The zero-order valence-electron chi connectivity index (χ0n) is 14.1. The van der Waals surface area contributed by atoms with Gasteiger partial charge in [-0.05, 0) is 44.6 Å². The van der Waals surface area contributed by atoms with Crippen LogP contribution in [-0.4, -0.2) is 72.1 Å². The molecule has 2 N–H and O–H groups in total. The molecule has 0 unspecified atom stereocenters. The number of likely N-dealkylation sites (N-methyl/N-ethyl adjacent to an activating group) is 1. The Morgan fingerprint density at radius 2 is 1.96 bits per heavy atom. The van der Waals surface area contributed by atoms with E-state index in [4.69, 9.17) is 9.47 Å². The van der Waals surface area contributed by atoms with E-state index in [0.717, 1.165) is 5.56 Å². The quantitative estimate of drug-likeness (QED) is 0.826. The zero-order valence-corrected chi connectivity index (χ0v) is 14.1. The largest absolute Gasteiger partial charge is 0.454 e. The number of carbonyl (C=O) groups is 1. The third kappa shape index (κ3) is 3.19. The fourth-order valence-corrected chi connectivity index (χ4v) is 3.22. The molecule has 7 heteroatoms. The van der Waals surface area contributed by atoms with E-state index in [-0.39, 0.29) is 19.3 Å². The Bertz CT molecular complexity index is 611. The van der Waals surface area contributed by atoms with Gasteiger partial charge >= 0.3 is 0 Å². The zero-order chi connectivity index (χ0) is 17.3. The molecule has 0 spiro atoms. The monoisotopic (exact) mass is 336 g/mol. The van der Waals surface area contributed by atoms with Crippen molar-refractivity contribution in [3.05, 3.63) is 23.8 Å². The smallest absolute Gasteiger partial charge is 0.244 e. The number of aliphatic hydroxyl groups is 2. The second-order valence-corrected chi connectivity index (χ2v) is 6.69. The molecule has 1 fully saturated rings. The van der Waals surface area contributed by atoms with E-state index < -0.39 is 11.6 Å². The first-order valence-corrected chi connectivity index (χ1v) is 8.11. The summed E-state index contributed by atoms with van der Waals surface area (Å²) in [5.41, 5.74) is -0.222. The minimum absolute atomic E-state index is 0.0149. The maximum absolute atomic E-state index is 13.0. The van der Waals surface area contributed by atoms with E-state index in [1.807, 2.05) is 37.2 Å². The Morgan fingerprint density at radius 3 is 2.58 bits per heavy atom. The molecule has 0 bridgehead atoms. The van der Waals surface area contributed by atoms with Gasteiger partial charge in [-0.2, -0.15) is 0 Å². The van der Waals surface area contributed by atoms with E-state index in [0.29, 0.717) is 37.4 Å². The van der Waals surface area contributed by atoms with Crippen molar-refractivity contribution in [1.82, 2.24) is 9.80 Å². The predicted octanol–water partition coefficient (Wildman–Crippen LogP) is 0.364. The van der Waals surface area contributed by atoms with Crippen LogP contribution in [0.15, 0.2) is 18.2 Å². The number of piperidine rings is 1. The summed E-state index contributed by atoms with van der Waals surface area (Å²) in [6.45, 7) is 0.801. The van der Waals surface area contributed by atoms with Crippen molar-refractivity contribution >= 4 is 5.91 Å². The number of amides is 1. The first-order chi connectivity index (χ1) is 11.4. The van der Waals surface area contributed by atoms with E-state index in [1.54, 1.807) is 4.90 Å². The molecule has 1 aromatic rings. The van der Waals surface area contributed by atoms with Crippen molar-refractivity contribution in [2.45, 2.75) is 24.5 Å². The molecule has 0 aromatic heterocycles. The van der Waals surface area contributed by atoms with Crippen molar-refractivity contribution < 1.29 is 24.5 Å². The molecule has 7 nitrogen and oxygen atoms in total. The number of ether oxygens (including phenoxy) is 2. The van der Waals surface area contributed by atoms with Crippen molar-refractivity contribution in [3.63, 3.8) is 0 Å². The van der Waals surface area contributed by atoms with Gasteiger partial charge in [-0.15, -0.1) is 0 Å². The number of benzene rings is 1. The molecule has 1 saturated heterocycles. The molecule has 0 saturated carbocycles. The molecule has 3 rings (SSSR count). The van der Waals surface area contributed by atoms with Crippen LogP contribution in [0.25, 0.3) is 0 Å². The average Bonchev–Trinajstić information content (AvgIpc) is 3.03. The minimum atomic E-state index is -1.07. The van der Waals surface area contributed by atoms with Gasteiger partial charge in [0, 0.05) is 13.1 Å². The third-order valence-electron chi connectivity index (χ3n) is 4.76. The SMILES string of the molecule is CN(C)[C@@H](C(=O)N1CCC(O)(CO)CC1)c1ccc2c(c1)OCO2. The minimum Gasteiger partial charge on any atom is -0.454 e. The van der Waals surface area contributed by atoms with E-state index in [1.165, 1.54) is 0 Å². The van der Waals surface area contributed by atoms with Crippen LogP contribution < -0.4 is 9.47 Å². The highest BCUT2D eigenvalue weighted by molar-refractivity contribution is 5.83. The fourth-order valence-electron chi connectivity index (χ4n) is 3.22. The second-order valence-electron chi connectivity index (χ2n) is 6.69. The van der Waals surface area contributed by atoms with Crippen LogP contribution in [0.3, 0.4) is 0 Å². The summed E-state index contributed by atoms with van der Waals surface area (Å²) >= 11 is 0. The van der Waals surface area contributed by atoms with Crippen LogP contribution in [0.5, 0.6) is 11.5 Å². The number of aliphatic hydroxyl groups excluding tert-OH is 1. The number of nitrogens with zero attached hydrogens (tertiary/aromatic N) is 2. The molecule has 0 radical (unpaired) electrons. The highest BCUT2D eigenvalue weighted by Gasteiger charge is 2.36. The normalized spacial score (nSPS) is 20.3. The molecule has 24 heavy (non-hydrogen) atoms. The molecule has 1 atom stereocenters. The summed E-state index contributed by atoms with van der Waals surface area (Å²) in [4.78, 5) is 16.6. The van der Waals surface area contributed by atoms with Gasteiger partial charge < -0.3 is 24.6 Å². The van der Waals surface area contributed by atoms with E-state index in [9.17, 15) is 15.0 Å². The Labute approximate surface area is 141 Å². The molecular formula is C17H24N2O5. The van der Waals surface area contributed by atoms with Crippen LogP contribution >= 0.6 is 0 Å². The van der Waals surface area contributed by atoms with Crippen molar-refractivity contribution in [2.24, 2.45) is 0 Å². The van der Waals surface area contributed by atoms with Crippen LogP contribution in [0, 0.1) is 0 Å². The number of hydrogen-bond acceptors (Lipinski definition) is 6. The third-order valence-corrected chi connectivity index (χ3v) is 4.76. The molecule has 1 aromatic carbocycles. The summed E-state index contributed by atoms with van der Waals surface area (Å²) in [6, 6.07) is 5.12. The topological polar surface area (TPSA) is 82.5 Å². The summed E-state index contributed by atoms with van der Waals surface area (Å²) in [7, 11) is 3.72. The van der Waals surface area contributed by atoms with Crippen molar-refractivity contribution in [3.8, 4) is 11.5 Å².